The van der Waals surface area contributed by atoms with Crippen LogP contribution in [-0.2, 0) is 14.8 Å². The van der Waals surface area contributed by atoms with Gasteiger partial charge in [0.15, 0.2) is 0 Å². The fourth-order valence-corrected chi connectivity index (χ4v) is 4.11. The summed E-state index contributed by atoms with van der Waals surface area (Å²) in [6, 6.07) is 6.42. The van der Waals surface area contributed by atoms with Gasteiger partial charge in [-0.2, -0.15) is 0 Å². The Morgan fingerprint density at radius 3 is 2.82 bits per heavy atom. The van der Waals surface area contributed by atoms with Crippen LogP contribution >= 0.6 is 11.6 Å². The Labute approximate surface area is 137 Å². The van der Waals surface area contributed by atoms with E-state index in [4.69, 9.17) is 16.3 Å². The molecule has 1 saturated heterocycles. The van der Waals surface area contributed by atoms with E-state index < -0.39 is 10.0 Å². The van der Waals surface area contributed by atoms with E-state index in [9.17, 15) is 8.42 Å². The van der Waals surface area contributed by atoms with E-state index in [0.717, 1.165) is 19.6 Å². The van der Waals surface area contributed by atoms with E-state index in [1.54, 1.807) is 18.2 Å². The summed E-state index contributed by atoms with van der Waals surface area (Å²) < 4.78 is 32.8. The molecule has 0 radical (unpaired) electrons. The number of nitrogens with one attached hydrogen (secondary N) is 1. The number of hydrogen-bond acceptors (Lipinski definition) is 4. The predicted molar refractivity (Wildman–Crippen MR) is 87.7 cm³/mol. The van der Waals surface area contributed by atoms with Crippen LogP contribution < -0.4 is 4.72 Å². The van der Waals surface area contributed by atoms with Crippen molar-refractivity contribution in [3.8, 4) is 0 Å². The van der Waals surface area contributed by atoms with Crippen LogP contribution in [0, 0.1) is 5.92 Å². The lowest BCUT2D eigenvalue weighted by Crippen LogP contribution is -2.48. The van der Waals surface area contributed by atoms with Gasteiger partial charge < -0.3 is 4.74 Å². The van der Waals surface area contributed by atoms with Crippen molar-refractivity contribution in [2.45, 2.75) is 24.8 Å². The normalized spacial score (nSPS) is 20.5. The second kappa shape index (κ2) is 7.75. The SMILES string of the molecule is CC(C)CN1CCOC(CNS(=O)(=O)c2ccccc2Cl)C1. The Bertz CT molecular complexity index is 592. The Kier molecular flexibility index (Phi) is 6.23. The third-order valence-electron chi connectivity index (χ3n) is 3.47. The fraction of sp³-hybridized carbons (Fsp3) is 0.600. The summed E-state index contributed by atoms with van der Waals surface area (Å²) in [7, 11) is -3.61. The van der Waals surface area contributed by atoms with Crippen molar-refractivity contribution in [2.24, 2.45) is 5.92 Å². The van der Waals surface area contributed by atoms with Gasteiger partial charge in [-0.1, -0.05) is 37.6 Å². The summed E-state index contributed by atoms with van der Waals surface area (Å²) in [5, 5.41) is 0.223. The van der Waals surface area contributed by atoms with Gasteiger partial charge in [-0.05, 0) is 18.1 Å². The van der Waals surface area contributed by atoms with Gasteiger partial charge >= 0.3 is 0 Å². The van der Waals surface area contributed by atoms with Crippen LogP contribution in [0.4, 0.5) is 0 Å². The molecule has 1 unspecified atom stereocenters. The zero-order valence-electron chi connectivity index (χ0n) is 13.0. The predicted octanol–water partition coefficient (Wildman–Crippen LogP) is 1.98. The maximum atomic E-state index is 12.3. The molecule has 1 aromatic rings. The van der Waals surface area contributed by atoms with Crippen molar-refractivity contribution < 1.29 is 13.2 Å². The third-order valence-corrected chi connectivity index (χ3v) is 5.40. The van der Waals surface area contributed by atoms with E-state index in [2.05, 4.69) is 23.5 Å². The molecule has 22 heavy (non-hydrogen) atoms. The van der Waals surface area contributed by atoms with E-state index in [1.165, 1.54) is 6.07 Å². The minimum absolute atomic E-state index is 0.103. The Hall–Kier alpha value is -0.660. The summed E-state index contributed by atoms with van der Waals surface area (Å²) in [5.41, 5.74) is 0. The van der Waals surface area contributed by atoms with E-state index in [1.807, 2.05) is 0 Å². The van der Waals surface area contributed by atoms with Gasteiger partial charge in [0.1, 0.15) is 4.90 Å². The second-order valence-electron chi connectivity index (χ2n) is 5.93. The van der Waals surface area contributed by atoms with E-state index in [-0.39, 0.29) is 22.6 Å². The van der Waals surface area contributed by atoms with Crippen molar-refractivity contribution in [1.29, 1.82) is 0 Å². The summed E-state index contributed by atoms with van der Waals surface area (Å²) in [6.07, 6.45) is -0.134. The number of ether oxygens (including phenoxy) is 1. The molecule has 1 aliphatic rings. The van der Waals surface area contributed by atoms with Crippen molar-refractivity contribution in [2.75, 3.05) is 32.8 Å². The molecule has 1 N–H and O–H groups in total. The number of benzene rings is 1. The van der Waals surface area contributed by atoms with Gasteiger partial charge in [0.2, 0.25) is 10.0 Å². The standard InChI is InChI=1S/C15H23ClN2O3S/c1-12(2)10-18-7-8-21-13(11-18)9-17-22(19,20)15-6-4-3-5-14(15)16/h3-6,12-13,17H,7-11H2,1-2H3. The highest BCUT2D eigenvalue weighted by Crippen LogP contribution is 2.20. The molecule has 0 amide bonds. The lowest BCUT2D eigenvalue weighted by molar-refractivity contribution is -0.0280. The molecule has 5 nitrogen and oxygen atoms in total. The first-order valence-corrected chi connectivity index (χ1v) is 9.33. The van der Waals surface area contributed by atoms with Crippen molar-refractivity contribution >= 4 is 21.6 Å². The van der Waals surface area contributed by atoms with Gasteiger partial charge in [0, 0.05) is 26.2 Å². The first kappa shape index (κ1) is 17.7. The molecule has 0 aromatic heterocycles. The van der Waals surface area contributed by atoms with Crippen molar-refractivity contribution in [1.82, 2.24) is 9.62 Å². The molecule has 1 fully saturated rings. The number of nitrogens with zero attached hydrogens (tertiary/aromatic N) is 1. The van der Waals surface area contributed by atoms with Crippen LogP contribution in [-0.4, -0.2) is 52.2 Å². The molecule has 7 heteroatoms. The zero-order valence-corrected chi connectivity index (χ0v) is 14.5. The number of morpholine rings is 1. The Morgan fingerprint density at radius 1 is 1.41 bits per heavy atom. The van der Waals surface area contributed by atoms with Gasteiger partial charge in [-0.25, -0.2) is 13.1 Å². The first-order valence-electron chi connectivity index (χ1n) is 7.46. The van der Waals surface area contributed by atoms with Gasteiger partial charge in [-0.15, -0.1) is 0 Å². The largest absolute Gasteiger partial charge is 0.374 e. The monoisotopic (exact) mass is 346 g/mol. The van der Waals surface area contributed by atoms with Gasteiger partial charge in [0.05, 0.1) is 17.7 Å². The lowest BCUT2D eigenvalue weighted by Gasteiger charge is -2.33. The quantitative estimate of drug-likeness (QED) is 0.855. The molecule has 0 saturated carbocycles. The molecule has 124 valence electrons. The maximum absolute atomic E-state index is 12.3. The number of halogens is 1. The number of sulfonamides is 1. The Balaban J connectivity index is 1.93. The maximum Gasteiger partial charge on any atom is 0.242 e. The molecule has 1 aliphatic heterocycles. The minimum Gasteiger partial charge on any atom is -0.374 e. The average molecular weight is 347 g/mol. The minimum atomic E-state index is -3.61. The second-order valence-corrected chi connectivity index (χ2v) is 8.07. The molecule has 2 rings (SSSR count). The van der Waals surface area contributed by atoms with E-state index >= 15 is 0 Å². The van der Waals surface area contributed by atoms with Crippen LogP contribution in [0.5, 0.6) is 0 Å². The van der Waals surface area contributed by atoms with E-state index in [0.29, 0.717) is 12.5 Å². The van der Waals surface area contributed by atoms with Crippen LogP contribution in [0.3, 0.4) is 0 Å². The van der Waals surface area contributed by atoms with Crippen molar-refractivity contribution in [3.05, 3.63) is 29.3 Å². The summed E-state index contributed by atoms with van der Waals surface area (Å²) in [5.74, 6) is 0.582. The summed E-state index contributed by atoms with van der Waals surface area (Å²) in [6.45, 7) is 7.86. The van der Waals surface area contributed by atoms with Crippen LogP contribution in [0.2, 0.25) is 5.02 Å². The molecular weight excluding hydrogens is 324 g/mol. The molecule has 1 atom stereocenters. The number of rotatable bonds is 6. The topological polar surface area (TPSA) is 58.6 Å². The van der Waals surface area contributed by atoms with Gasteiger partial charge in [-0.3, -0.25) is 4.90 Å². The van der Waals surface area contributed by atoms with Crippen LogP contribution in [0.15, 0.2) is 29.2 Å². The van der Waals surface area contributed by atoms with Gasteiger partial charge in [0.25, 0.3) is 0 Å². The third kappa shape index (κ3) is 4.93. The highest BCUT2D eigenvalue weighted by molar-refractivity contribution is 7.89. The van der Waals surface area contributed by atoms with Crippen LogP contribution in [0.25, 0.3) is 0 Å². The zero-order chi connectivity index (χ0) is 16.2. The number of hydrogen-bond donors (Lipinski definition) is 1. The van der Waals surface area contributed by atoms with Crippen molar-refractivity contribution in [3.63, 3.8) is 0 Å². The van der Waals surface area contributed by atoms with Crippen LogP contribution in [0.1, 0.15) is 13.8 Å². The average Bonchev–Trinajstić information content (AvgIpc) is 2.45. The Morgan fingerprint density at radius 2 is 2.14 bits per heavy atom. The highest BCUT2D eigenvalue weighted by atomic mass is 35.5. The molecule has 0 aliphatic carbocycles. The molecule has 1 aromatic carbocycles. The highest BCUT2D eigenvalue weighted by Gasteiger charge is 2.24. The molecule has 0 spiro atoms. The molecular formula is C15H23ClN2O3S. The molecule has 0 bridgehead atoms. The lowest BCUT2D eigenvalue weighted by atomic mass is 10.2. The molecule has 1 heterocycles. The summed E-state index contributed by atoms with van der Waals surface area (Å²) >= 11 is 5.95. The summed E-state index contributed by atoms with van der Waals surface area (Å²) in [4.78, 5) is 2.41. The first-order chi connectivity index (χ1) is 10.4. The smallest absolute Gasteiger partial charge is 0.242 e. The fourth-order valence-electron chi connectivity index (χ4n) is 2.53.